The minimum absolute atomic E-state index is 0.0140. The highest BCUT2D eigenvalue weighted by Gasteiger charge is 2.17. The van der Waals surface area contributed by atoms with E-state index in [0.29, 0.717) is 27.7 Å². The summed E-state index contributed by atoms with van der Waals surface area (Å²) in [4.78, 5) is 1.26. The molecule has 210 valence electrons. The van der Waals surface area contributed by atoms with Crippen LogP contribution in [0.1, 0.15) is 50.8 Å². The van der Waals surface area contributed by atoms with E-state index in [2.05, 4.69) is 37.2 Å². The van der Waals surface area contributed by atoms with Crippen LogP contribution < -0.4 is 10.4 Å². The lowest BCUT2D eigenvalue weighted by Crippen LogP contribution is -2.19. The number of fused-ring (bicyclic) bond motifs is 1. The van der Waals surface area contributed by atoms with Gasteiger partial charge in [-0.25, -0.2) is 0 Å². The van der Waals surface area contributed by atoms with E-state index < -0.39 is 0 Å². The molecule has 0 unspecified atom stereocenters. The van der Waals surface area contributed by atoms with Crippen LogP contribution >= 0.6 is 0 Å². The van der Waals surface area contributed by atoms with Gasteiger partial charge in [-0.3, -0.25) is 0 Å². The number of aromatic hydroxyl groups is 4. The van der Waals surface area contributed by atoms with E-state index >= 15 is 0 Å². The first-order valence-corrected chi connectivity index (χ1v) is 13.3. The van der Waals surface area contributed by atoms with Gasteiger partial charge in [-0.2, -0.15) is 0 Å². The molecule has 1 aromatic heterocycles. The van der Waals surface area contributed by atoms with Crippen molar-refractivity contribution < 1.29 is 20.4 Å². The Morgan fingerprint density at radius 2 is 1.10 bits per heavy atom. The van der Waals surface area contributed by atoms with Crippen molar-refractivity contribution in [2.75, 3.05) is 0 Å². The van der Waals surface area contributed by atoms with Crippen molar-refractivity contribution in [3.05, 3.63) is 99.9 Å². The summed E-state index contributed by atoms with van der Waals surface area (Å²) in [5, 5.41) is 51.5. The Bertz CT molecular complexity index is 1580. The summed E-state index contributed by atoms with van der Waals surface area (Å²) in [6, 6.07) is 20.7. The predicted octanol–water partition coefficient (Wildman–Crippen LogP) is 6.09. The molecule has 1 heterocycles. The zero-order valence-corrected chi connectivity index (χ0v) is 23.9. The smallest absolute Gasteiger partial charge is 0.146 e. The van der Waals surface area contributed by atoms with Crippen molar-refractivity contribution in [1.82, 2.24) is 15.0 Å². The molecule has 0 aliphatic rings. The van der Waals surface area contributed by atoms with Gasteiger partial charge in [-0.15, -0.1) is 15.0 Å². The number of benzene rings is 4. The average Bonchev–Trinajstić information content (AvgIpc) is 3.37. The highest BCUT2D eigenvalue weighted by Crippen LogP contribution is 2.35. The first-order chi connectivity index (χ1) is 19.1. The normalized spacial score (nSPS) is 9.93. The molecule has 0 spiro atoms. The SMILES string of the molecule is C=c1ccccc1=C.CC.CCC.Cc1cc(O)cc(Cc2cc(O)cc(-n3nc4ccccc4n3)c2O)c1O. The Morgan fingerprint density at radius 1 is 0.675 bits per heavy atom. The second kappa shape index (κ2) is 15.0. The molecule has 4 N–H and O–H groups in total. The van der Waals surface area contributed by atoms with E-state index in [9.17, 15) is 20.4 Å². The van der Waals surface area contributed by atoms with Gasteiger partial charge in [0, 0.05) is 23.6 Å². The van der Waals surface area contributed by atoms with Crippen LogP contribution in [0.5, 0.6) is 23.0 Å². The molecule has 0 radical (unpaired) electrons. The molecule has 0 bridgehead atoms. The van der Waals surface area contributed by atoms with Crippen molar-refractivity contribution in [2.45, 2.75) is 47.5 Å². The summed E-state index contributed by atoms with van der Waals surface area (Å²) in [7, 11) is 0. The number of hydrogen-bond donors (Lipinski definition) is 4. The first kappa shape index (κ1) is 31.4. The van der Waals surface area contributed by atoms with E-state index in [0.717, 1.165) is 10.4 Å². The number of rotatable bonds is 3. The molecule has 7 nitrogen and oxygen atoms in total. The molecule has 0 aliphatic heterocycles. The van der Waals surface area contributed by atoms with Gasteiger partial charge >= 0.3 is 0 Å². The Labute approximate surface area is 235 Å². The zero-order chi connectivity index (χ0) is 29.8. The lowest BCUT2D eigenvalue weighted by Gasteiger charge is -2.12. The number of phenols is 4. The highest BCUT2D eigenvalue weighted by atomic mass is 16.3. The van der Waals surface area contributed by atoms with E-state index in [1.54, 1.807) is 19.1 Å². The minimum atomic E-state index is -0.117. The summed E-state index contributed by atoms with van der Waals surface area (Å²) in [6.07, 6.45) is 1.36. The third-order valence-electron chi connectivity index (χ3n) is 5.52. The Hall–Kier alpha value is -4.78. The molecule has 5 rings (SSSR count). The van der Waals surface area contributed by atoms with Gasteiger partial charge < -0.3 is 20.4 Å². The van der Waals surface area contributed by atoms with Crippen LogP contribution in [0.4, 0.5) is 0 Å². The molecular formula is C33H39N3O4. The molecule has 5 aromatic rings. The second-order valence-electron chi connectivity index (χ2n) is 8.87. The number of aromatic nitrogens is 3. The zero-order valence-electron chi connectivity index (χ0n) is 23.9. The molecular weight excluding hydrogens is 502 g/mol. The molecule has 0 amide bonds. The number of hydrogen-bond acceptors (Lipinski definition) is 6. The number of nitrogens with zero attached hydrogens (tertiary/aromatic N) is 3. The van der Waals surface area contributed by atoms with Crippen molar-refractivity contribution in [1.29, 1.82) is 0 Å². The molecule has 0 saturated carbocycles. The summed E-state index contributed by atoms with van der Waals surface area (Å²) in [6.45, 7) is 17.4. The van der Waals surface area contributed by atoms with Crippen LogP contribution in [0, 0.1) is 6.92 Å². The predicted molar refractivity (Wildman–Crippen MR) is 164 cm³/mol. The maximum atomic E-state index is 10.7. The summed E-state index contributed by atoms with van der Waals surface area (Å²) >= 11 is 0. The van der Waals surface area contributed by atoms with Crippen LogP contribution in [0.25, 0.3) is 29.9 Å². The first-order valence-electron chi connectivity index (χ1n) is 13.3. The molecule has 7 heteroatoms. The van der Waals surface area contributed by atoms with E-state index in [1.165, 1.54) is 35.5 Å². The maximum absolute atomic E-state index is 10.7. The van der Waals surface area contributed by atoms with Gasteiger partial charge in [0.1, 0.15) is 39.7 Å². The third kappa shape index (κ3) is 8.11. The molecule has 0 fully saturated rings. The maximum Gasteiger partial charge on any atom is 0.146 e. The van der Waals surface area contributed by atoms with Crippen LogP contribution in [-0.4, -0.2) is 35.4 Å². The fraction of sp³-hybridized carbons (Fsp3) is 0.212. The van der Waals surface area contributed by atoms with Crippen molar-refractivity contribution in [3.63, 3.8) is 0 Å². The van der Waals surface area contributed by atoms with Gasteiger partial charge in [-0.05, 0) is 53.3 Å². The Morgan fingerprint density at radius 3 is 1.57 bits per heavy atom. The highest BCUT2D eigenvalue weighted by molar-refractivity contribution is 5.74. The lowest BCUT2D eigenvalue weighted by atomic mass is 9.99. The number of aryl methyl sites for hydroxylation is 1. The van der Waals surface area contributed by atoms with Crippen LogP contribution in [0.15, 0.2) is 72.8 Å². The minimum Gasteiger partial charge on any atom is -0.508 e. The van der Waals surface area contributed by atoms with Crippen molar-refractivity contribution in [3.8, 4) is 28.7 Å². The summed E-state index contributed by atoms with van der Waals surface area (Å²) < 4.78 is 0. The fourth-order valence-corrected chi connectivity index (χ4v) is 3.65. The van der Waals surface area contributed by atoms with E-state index in [-0.39, 0.29) is 35.1 Å². The fourth-order valence-electron chi connectivity index (χ4n) is 3.65. The lowest BCUT2D eigenvalue weighted by molar-refractivity contribution is 0.443. The van der Waals surface area contributed by atoms with Gasteiger partial charge in [0.05, 0.1) is 0 Å². The van der Waals surface area contributed by atoms with Gasteiger partial charge in [0.2, 0.25) is 0 Å². The van der Waals surface area contributed by atoms with Gasteiger partial charge in [-0.1, -0.05) is 83.7 Å². The van der Waals surface area contributed by atoms with Crippen molar-refractivity contribution >= 4 is 24.2 Å². The molecule has 4 aromatic carbocycles. The summed E-state index contributed by atoms with van der Waals surface area (Å²) in [5.74, 6) is -0.149. The quantitative estimate of drug-likeness (QED) is 0.206. The number of phenolic OH excluding ortho intramolecular Hbond substituents is 4. The largest absolute Gasteiger partial charge is 0.508 e. The van der Waals surface area contributed by atoms with Gasteiger partial charge in [0.15, 0.2) is 0 Å². The standard InChI is InChI=1S/C20H17N3O4.C8H8.C3H8.C2H6/c1-11-6-14(24)8-12(19(11)26)7-13-9-15(25)10-18(20(13)27)23-21-16-4-2-3-5-17(16)22-23;1-7-5-3-4-6-8(7)2;1-3-2;1-2/h2-6,8-10,24-27H,7H2,1H3;3-6H,1-2H2;3H2,1-2H3;1-2H3. The Kier molecular flexibility index (Phi) is 11.8. The van der Waals surface area contributed by atoms with Crippen LogP contribution in [-0.2, 0) is 6.42 Å². The monoisotopic (exact) mass is 541 g/mol. The summed E-state index contributed by atoms with van der Waals surface area (Å²) in [5.41, 5.74) is 2.85. The van der Waals surface area contributed by atoms with E-state index in [1.807, 2.05) is 50.2 Å². The average molecular weight is 542 g/mol. The topological polar surface area (TPSA) is 112 Å². The van der Waals surface area contributed by atoms with Crippen LogP contribution in [0.3, 0.4) is 0 Å². The van der Waals surface area contributed by atoms with Gasteiger partial charge in [0.25, 0.3) is 0 Å². The van der Waals surface area contributed by atoms with Crippen LogP contribution in [0.2, 0.25) is 0 Å². The molecule has 0 saturated heterocycles. The molecule has 0 aliphatic carbocycles. The van der Waals surface area contributed by atoms with Crippen molar-refractivity contribution in [2.24, 2.45) is 0 Å². The third-order valence-corrected chi connectivity index (χ3v) is 5.52. The molecule has 40 heavy (non-hydrogen) atoms. The second-order valence-corrected chi connectivity index (χ2v) is 8.87. The molecule has 0 atom stereocenters. The Balaban J connectivity index is 0.000000361. The van der Waals surface area contributed by atoms with E-state index in [4.69, 9.17) is 0 Å².